The minimum Gasteiger partial charge on any atom is -0.358 e. The van der Waals surface area contributed by atoms with Crippen molar-refractivity contribution in [2.75, 3.05) is 0 Å². The van der Waals surface area contributed by atoms with Crippen LogP contribution < -0.4 is 0 Å². The van der Waals surface area contributed by atoms with E-state index < -0.39 is 0 Å². The molecule has 0 heterocycles. The van der Waals surface area contributed by atoms with Crippen LogP contribution in [0.2, 0.25) is 0 Å². The van der Waals surface area contributed by atoms with E-state index in [0.29, 0.717) is 0 Å². The molecular weight excluding hydrogens is 124 g/mol. The third-order valence-corrected chi connectivity index (χ3v) is 0.867. The number of hydrogen-bond acceptors (Lipinski definition) is 0. The van der Waals surface area contributed by atoms with Crippen molar-refractivity contribution >= 4 is 37.7 Å². The van der Waals surface area contributed by atoms with Crippen molar-refractivity contribution in [1.29, 1.82) is 0 Å². The monoisotopic (exact) mass is 134 g/mol. The summed E-state index contributed by atoms with van der Waals surface area (Å²) in [5.74, 6) is 0. The van der Waals surface area contributed by atoms with Crippen LogP contribution >= 0.6 is 0 Å². The van der Waals surface area contributed by atoms with E-state index in [1.54, 1.807) is 0 Å². The van der Waals surface area contributed by atoms with Gasteiger partial charge in [0.15, 0.2) is 0 Å². The van der Waals surface area contributed by atoms with Gasteiger partial charge in [-0.15, -0.1) is 6.42 Å². The van der Waals surface area contributed by atoms with Crippen LogP contribution in [-0.2, 0) is 0 Å². The minimum atomic E-state index is 0. The van der Waals surface area contributed by atoms with Gasteiger partial charge in [0.25, 0.3) is 0 Å². The molecule has 1 aliphatic carbocycles. The first-order valence-electron chi connectivity index (χ1n) is 2.13. The Morgan fingerprint density at radius 1 is 1.62 bits per heavy atom. The van der Waals surface area contributed by atoms with E-state index in [1.807, 2.05) is 0 Å². The molecule has 0 saturated carbocycles. The normalized spacial score (nSPS) is 13.9. The molecule has 1 aliphatic rings. The van der Waals surface area contributed by atoms with Gasteiger partial charge in [0.1, 0.15) is 0 Å². The van der Waals surface area contributed by atoms with Gasteiger partial charge in [-0.3, -0.25) is 6.08 Å². The molecule has 0 radical (unpaired) electrons. The number of hydrogen-bond donors (Lipinski definition) is 0. The first-order valence-corrected chi connectivity index (χ1v) is 2.13. The average Bonchev–Trinajstić information content (AvgIpc) is 1.86. The smallest absolute Gasteiger partial charge is 0.358 e. The number of rotatable bonds is 0. The molecule has 0 nitrogen and oxygen atoms in total. The Labute approximate surface area is 81.7 Å². The second-order valence-corrected chi connectivity index (χ2v) is 1.47. The zero-order valence-corrected chi connectivity index (χ0v) is 7.78. The van der Waals surface area contributed by atoms with Gasteiger partial charge in [-0.1, -0.05) is 6.92 Å². The topological polar surface area (TPSA) is 0 Å². The van der Waals surface area contributed by atoms with Crippen LogP contribution in [0.3, 0.4) is 0 Å². The molecule has 0 aromatic heterocycles. The molecular formula is C7H10Ca. The molecule has 8 heavy (non-hydrogen) atoms. The summed E-state index contributed by atoms with van der Waals surface area (Å²) in [6, 6.07) is 0. The van der Waals surface area contributed by atoms with Gasteiger partial charge in [0.05, 0.1) is 0 Å². The Morgan fingerprint density at radius 3 is 2.38 bits per heavy atom. The molecule has 0 unspecified atom stereocenters. The van der Waals surface area contributed by atoms with E-state index in [1.165, 1.54) is 5.57 Å². The molecule has 0 aromatic carbocycles. The molecule has 1 rings (SSSR count). The molecule has 0 spiro atoms. The summed E-state index contributed by atoms with van der Waals surface area (Å²) in [5.41, 5.74) is 1.27. The van der Waals surface area contributed by atoms with Gasteiger partial charge < -0.3 is 7.43 Å². The van der Waals surface area contributed by atoms with Crippen LogP contribution in [0.1, 0.15) is 13.3 Å². The maximum absolute atomic E-state index is 3.12. The zero-order valence-electron chi connectivity index (χ0n) is 5.57. The van der Waals surface area contributed by atoms with Gasteiger partial charge in [0, 0.05) is 0 Å². The van der Waals surface area contributed by atoms with Crippen molar-refractivity contribution in [1.82, 2.24) is 0 Å². The fraction of sp³-hybridized carbons (Fsp3) is 0.286. The molecule has 0 saturated heterocycles. The first-order chi connectivity index (χ1) is 2.89. The van der Waals surface area contributed by atoms with Crippen LogP contribution in [-0.4, -0.2) is 37.7 Å². The molecule has 0 aromatic rings. The molecule has 0 aliphatic heterocycles. The summed E-state index contributed by atoms with van der Waals surface area (Å²) in [6.07, 6.45) is 8.33. The van der Waals surface area contributed by atoms with Crippen molar-refractivity contribution < 1.29 is 0 Å². The van der Waals surface area contributed by atoms with E-state index in [0.717, 1.165) is 6.42 Å². The average molecular weight is 134 g/mol. The number of allylic oxidation sites excluding steroid dienone is 4. The SMILES string of the molecule is CC1=[C-]CC=C1.[CH3-].[Ca+2]. The van der Waals surface area contributed by atoms with E-state index >= 15 is 0 Å². The summed E-state index contributed by atoms with van der Waals surface area (Å²) in [4.78, 5) is 0. The zero-order chi connectivity index (χ0) is 4.41. The van der Waals surface area contributed by atoms with E-state index in [9.17, 15) is 0 Å². The fourth-order valence-corrected chi connectivity index (χ4v) is 0.515. The Hall–Kier alpha value is 0.740. The van der Waals surface area contributed by atoms with Gasteiger partial charge >= 0.3 is 37.7 Å². The quantitative estimate of drug-likeness (QED) is 0.350. The van der Waals surface area contributed by atoms with E-state index in [4.69, 9.17) is 0 Å². The second-order valence-electron chi connectivity index (χ2n) is 1.47. The molecule has 1 heteroatoms. The molecule has 0 atom stereocenters. The van der Waals surface area contributed by atoms with Crippen molar-refractivity contribution in [2.45, 2.75) is 13.3 Å². The van der Waals surface area contributed by atoms with Crippen LogP contribution in [0.15, 0.2) is 17.7 Å². The molecule has 40 valence electrons. The molecule has 0 amide bonds. The summed E-state index contributed by atoms with van der Waals surface area (Å²) < 4.78 is 0. The molecule has 0 fully saturated rings. The Kier molecular flexibility index (Phi) is 8.46. The van der Waals surface area contributed by atoms with E-state index in [-0.39, 0.29) is 45.2 Å². The minimum absolute atomic E-state index is 0. The summed E-state index contributed by atoms with van der Waals surface area (Å²) in [7, 11) is 0. The van der Waals surface area contributed by atoms with Crippen molar-refractivity contribution in [3.8, 4) is 0 Å². The maximum Gasteiger partial charge on any atom is 2.00 e. The van der Waals surface area contributed by atoms with Gasteiger partial charge in [-0.05, 0) is 0 Å². The predicted molar refractivity (Wildman–Crippen MR) is 38.4 cm³/mol. The van der Waals surface area contributed by atoms with Gasteiger partial charge in [-0.2, -0.15) is 6.08 Å². The van der Waals surface area contributed by atoms with Crippen molar-refractivity contribution in [3.63, 3.8) is 0 Å². The first kappa shape index (κ1) is 11.5. The summed E-state index contributed by atoms with van der Waals surface area (Å²) in [5, 5.41) is 0. The third-order valence-electron chi connectivity index (χ3n) is 0.867. The molecule has 0 N–H and O–H groups in total. The third kappa shape index (κ3) is 3.71. The molecule has 0 bridgehead atoms. The van der Waals surface area contributed by atoms with E-state index in [2.05, 4.69) is 25.2 Å². The van der Waals surface area contributed by atoms with Crippen LogP contribution in [0.5, 0.6) is 0 Å². The Morgan fingerprint density at radius 2 is 2.25 bits per heavy atom. The standard InChI is InChI=1S/C6H7.CH3.Ca/c1-6-4-2-3-5-6;;/h2,4H,3H2,1H3;1H3;/q2*-1;+2. The van der Waals surface area contributed by atoms with Crippen molar-refractivity contribution in [2.24, 2.45) is 0 Å². The maximum atomic E-state index is 3.12. The fourth-order valence-electron chi connectivity index (χ4n) is 0.515. The predicted octanol–water partition coefficient (Wildman–Crippen LogP) is 1.77. The summed E-state index contributed by atoms with van der Waals surface area (Å²) >= 11 is 0. The van der Waals surface area contributed by atoms with Crippen LogP contribution in [0.4, 0.5) is 0 Å². The Balaban J connectivity index is 0. The van der Waals surface area contributed by atoms with Gasteiger partial charge in [-0.25, -0.2) is 11.6 Å². The summed E-state index contributed by atoms with van der Waals surface area (Å²) in [6.45, 7) is 2.06. The van der Waals surface area contributed by atoms with Crippen molar-refractivity contribution in [3.05, 3.63) is 31.2 Å². The van der Waals surface area contributed by atoms with Crippen LogP contribution in [0.25, 0.3) is 0 Å². The second kappa shape index (κ2) is 5.87. The Bertz CT molecular complexity index is 98.2. The van der Waals surface area contributed by atoms with Crippen LogP contribution in [0, 0.1) is 13.5 Å². The largest absolute Gasteiger partial charge is 2.00 e. The van der Waals surface area contributed by atoms with Gasteiger partial charge in [0.2, 0.25) is 0 Å².